The highest BCUT2D eigenvalue weighted by Crippen LogP contribution is 2.12. The summed E-state index contributed by atoms with van der Waals surface area (Å²) in [6.45, 7) is 6.30. The fraction of sp³-hybridized carbons (Fsp3) is 0.375. The van der Waals surface area contributed by atoms with Gasteiger partial charge in [-0.05, 0) is 13.3 Å². The number of nitrogens with one attached hydrogen (secondary N) is 1. The molecule has 1 aliphatic heterocycles. The Balaban J connectivity index is 2.94. The van der Waals surface area contributed by atoms with E-state index in [1.165, 1.54) is 0 Å². The average molecular weight is 137 g/mol. The number of rotatable bonds is 1. The molecule has 0 aliphatic carbocycles. The summed E-state index contributed by atoms with van der Waals surface area (Å²) in [5.41, 5.74) is 1.88. The lowest BCUT2D eigenvalue weighted by atomic mass is 10.0. The fourth-order valence-corrected chi connectivity index (χ4v) is 1.05. The molecule has 0 saturated heterocycles. The Hall–Kier alpha value is -1.05. The van der Waals surface area contributed by atoms with Crippen molar-refractivity contribution in [3.05, 3.63) is 23.8 Å². The van der Waals surface area contributed by atoms with Gasteiger partial charge in [-0.25, -0.2) is 0 Å². The summed E-state index contributed by atoms with van der Waals surface area (Å²) < 4.78 is 0. The minimum absolute atomic E-state index is 0.0127. The topological polar surface area (TPSA) is 29.1 Å². The number of carbonyl (C=O) groups excluding carboxylic acids is 1. The summed E-state index contributed by atoms with van der Waals surface area (Å²) in [6, 6.07) is 0. The quantitative estimate of drug-likeness (QED) is 0.574. The molecule has 1 N–H and O–H groups in total. The smallest absolute Gasteiger partial charge is 0.251 e. The van der Waals surface area contributed by atoms with Gasteiger partial charge in [0.2, 0.25) is 0 Å². The van der Waals surface area contributed by atoms with E-state index in [2.05, 4.69) is 11.9 Å². The number of carbonyl (C=O) groups is 1. The van der Waals surface area contributed by atoms with Gasteiger partial charge in [0.1, 0.15) is 0 Å². The third-order valence-corrected chi connectivity index (χ3v) is 1.69. The Kier molecular flexibility index (Phi) is 1.90. The molecular weight excluding hydrogens is 126 g/mol. The Morgan fingerprint density at radius 1 is 1.70 bits per heavy atom. The molecule has 10 heavy (non-hydrogen) atoms. The van der Waals surface area contributed by atoms with Crippen LogP contribution in [0.25, 0.3) is 0 Å². The summed E-state index contributed by atoms with van der Waals surface area (Å²) >= 11 is 0. The summed E-state index contributed by atoms with van der Waals surface area (Å²) in [6.07, 6.45) is 2.57. The zero-order valence-electron chi connectivity index (χ0n) is 6.11. The minimum Gasteiger partial charge on any atom is -0.352 e. The number of amides is 1. The maximum Gasteiger partial charge on any atom is 0.251 e. The second kappa shape index (κ2) is 2.69. The van der Waals surface area contributed by atoms with E-state index in [9.17, 15) is 4.79 Å². The molecule has 0 aromatic rings. The molecule has 0 aromatic carbocycles. The van der Waals surface area contributed by atoms with Crippen molar-refractivity contribution in [2.45, 2.75) is 13.3 Å². The first-order valence-electron chi connectivity index (χ1n) is 3.36. The van der Waals surface area contributed by atoms with Crippen molar-refractivity contribution in [2.24, 2.45) is 0 Å². The van der Waals surface area contributed by atoms with Gasteiger partial charge in [0, 0.05) is 12.1 Å². The molecule has 1 heterocycles. The number of hydrogen-bond acceptors (Lipinski definition) is 1. The zero-order valence-corrected chi connectivity index (χ0v) is 6.11. The van der Waals surface area contributed by atoms with E-state index >= 15 is 0 Å². The zero-order chi connectivity index (χ0) is 7.56. The van der Waals surface area contributed by atoms with Crippen LogP contribution in [0.1, 0.15) is 13.3 Å². The maximum atomic E-state index is 11.0. The second-order valence-electron chi connectivity index (χ2n) is 2.40. The molecule has 0 aromatic heterocycles. The Morgan fingerprint density at radius 3 is 2.80 bits per heavy atom. The molecular formula is C8H11NO. The molecule has 0 unspecified atom stereocenters. The Bertz CT molecular complexity index is 203. The minimum atomic E-state index is 0.0127. The lowest BCUT2D eigenvalue weighted by molar-refractivity contribution is -0.117. The maximum absolute atomic E-state index is 11.0. The van der Waals surface area contributed by atoms with Gasteiger partial charge in [-0.1, -0.05) is 18.2 Å². The SMILES string of the molecule is C=CC1=C(C)CCNC1=O. The van der Waals surface area contributed by atoms with Gasteiger partial charge in [-0.15, -0.1) is 0 Å². The highest BCUT2D eigenvalue weighted by Gasteiger charge is 2.13. The van der Waals surface area contributed by atoms with Gasteiger partial charge in [-0.2, -0.15) is 0 Å². The van der Waals surface area contributed by atoms with Gasteiger partial charge >= 0.3 is 0 Å². The van der Waals surface area contributed by atoms with E-state index in [4.69, 9.17) is 0 Å². The van der Waals surface area contributed by atoms with Crippen molar-refractivity contribution in [3.8, 4) is 0 Å². The second-order valence-corrected chi connectivity index (χ2v) is 2.40. The van der Waals surface area contributed by atoms with Crippen LogP contribution in [0.15, 0.2) is 23.8 Å². The van der Waals surface area contributed by atoms with Gasteiger partial charge < -0.3 is 5.32 Å². The van der Waals surface area contributed by atoms with E-state index in [0.29, 0.717) is 0 Å². The van der Waals surface area contributed by atoms with Crippen molar-refractivity contribution in [1.29, 1.82) is 0 Å². The molecule has 0 atom stereocenters. The first kappa shape index (κ1) is 7.06. The predicted molar refractivity (Wildman–Crippen MR) is 40.5 cm³/mol. The van der Waals surface area contributed by atoms with Crippen molar-refractivity contribution < 1.29 is 4.79 Å². The molecule has 1 aliphatic rings. The standard InChI is InChI=1S/C8H11NO/c1-3-7-6(2)4-5-9-8(7)10/h3H,1,4-5H2,2H3,(H,9,10). The molecule has 0 saturated carbocycles. The highest BCUT2D eigenvalue weighted by atomic mass is 16.1. The summed E-state index contributed by atoms with van der Waals surface area (Å²) in [4.78, 5) is 11.0. The summed E-state index contributed by atoms with van der Waals surface area (Å²) in [5, 5.41) is 2.75. The van der Waals surface area contributed by atoms with E-state index in [0.717, 1.165) is 24.1 Å². The van der Waals surface area contributed by atoms with Crippen molar-refractivity contribution in [1.82, 2.24) is 5.32 Å². The van der Waals surface area contributed by atoms with E-state index in [1.54, 1.807) is 6.08 Å². The summed E-state index contributed by atoms with van der Waals surface area (Å²) in [7, 11) is 0. The predicted octanol–water partition coefficient (Wildman–Crippen LogP) is 1.01. The van der Waals surface area contributed by atoms with Crippen LogP contribution >= 0.6 is 0 Å². The van der Waals surface area contributed by atoms with E-state index in [1.807, 2.05) is 6.92 Å². The van der Waals surface area contributed by atoms with Crippen molar-refractivity contribution in [3.63, 3.8) is 0 Å². The Morgan fingerprint density at radius 2 is 2.40 bits per heavy atom. The first-order chi connectivity index (χ1) is 4.75. The lowest BCUT2D eigenvalue weighted by Crippen LogP contribution is -2.30. The van der Waals surface area contributed by atoms with Gasteiger partial charge in [0.25, 0.3) is 5.91 Å². The van der Waals surface area contributed by atoms with Crippen LogP contribution < -0.4 is 5.32 Å². The van der Waals surface area contributed by atoms with Crippen LogP contribution in [0.5, 0.6) is 0 Å². The molecule has 0 radical (unpaired) electrons. The van der Waals surface area contributed by atoms with E-state index in [-0.39, 0.29) is 5.91 Å². The highest BCUT2D eigenvalue weighted by molar-refractivity contribution is 5.97. The third-order valence-electron chi connectivity index (χ3n) is 1.69. The van der Waals surface area contributed by atoms with Gasteiger partial charge in [0.05, 0.1) is 0 Å². The van der Waals surface area contributed by atoms with Crippen LogP contribution in [0.3, 0.4) is 0 Å². The average Bonchev–Trinajstić information content (AvgIpc) is 1.88. The van der Waals surface area contributed by atoms with Crippen molar-refractivity contribution in [2.75, 3.05) is 6.54 Å². The van der Waals surface area contributed by atoms with Gasteiger partial charge in [-0.3, -0.25) is 4.79 Å². The molecule has 0 bridgehead atoms. The normalized spacial score (nSPS) is 18.7. The Labute approximate surface area is 60.6 Å². The molecule has 2 nitrogen and oxygen atoms in total. The fourth-order valence-electron chi connectivity index (χ4n) is 1.05. The first-order valence-corrected chi connectivity index (χ1v) is 3.36. The molecule has 54 valence electrons. The van der Waals surface area contributed by atoms with Crippen molar-refractivity contribution >= 4 is 5.91 Å². The molecule has 0 spiro atoms. The van der Waals surface area contributed by atoms with Gasteiger partial charge in [0.15, 0.2) is 0 Å². The van der Waals surface area contributed by atoms with Crippen LogP contribution in [0.2, 0.25) is 0 Å². The van der Waals surface area contributed by atoms with Crippen LogP contribution in [0.4, 0.5) is 0 Å². The van der Waals surface area contributed by atoms with Crippen LogP contribution in [0, 0.1) is 0 Å². The molecule has 1 rings (SSSR count). The van der Waals surface area contributed by atoms with Crippen LogP contribution in [-0.4, -0.2) is 12.5 Å². The summed E-state index contributed by atoms with van der Waals surface area (Å²) in [5.74, 6) is 0.0127. The molecule has 0 fully saturated rings. The monoisotopic (exact) mass is 137 g/mol. The molecule has 1 amide bonds. The lowest BCUT2D eigenvalue weighted by Gasteiger charge is -2.14. The van der Waals surface area contributed by atoms with Crippen LogP contribution in [-0.2, 0) is 4.79 Å². The molecule has 2 heteroatoms. The number of hydrogen-bond donors (Lipinski definition) is 1. The largest absolute Gasteiger partial charge is 0.352 e. The van der Waals surface area contributed by atoms with E-state index < -0.39 is 0 Å². The third kappa shape index (κ3) is 1.10.